The molecule has 1 heterocycles. The summed E-state index contributed by atoms with van der Waals surface area (Å²) < 4.78 is 0. The smallest absolute Gasteiger partial charge is 0.307 e. The number of rotatable bonds is 4. The predicted octanol–water partition coefficient (Wildman–Crippen LogP) is 3.28. The van der Waals surface area contributed by atoms with Crippen LogP contribution in [-0.4, -0.2) is 17.0 Å². The Bertz CT molecular complexity index is 607. The van der Waals surface area contributed by atoms with Gasteiger partial charge in [0.25, 0.3) is 5.91 Å². The first-order chi connectivity index (χ1) is 9.06. The molecular formula is C13H10ClNO3S. The molecule has 0 saturated heterocycles. The molecule has 98 valence electrons. The van der Waals surface area contributed by atoms with E-state index in [4.69, 9.17) is 16.7 Å². The van der Waals surface area contributed by atoms with Gasteiger partial charge in [-0.3, -0.25) is 9.59 Å². The second kappa shape index (κ2) is 5.86. The number of hydrogen-bond acceptors (Lipinski definition) is 3. The largest absolute Gasteiger partial charge is 0.481 e. The molecule has 1 aromatic carbocycles. The van der Waals surface area contributed by atoms with Crippen LogP contribution in [0.2, 0.25) is 5.02 Å². The van der Waals surface area contributed by atoms with Crippen LogP contribution in [0, 0.1) is 0 Å². The normalized spacial score (nSPS) is 10.2. The van der Waals surface area contributed by atoms with Crippen molar-refractivity contribution < 1.29 is 14.7 Å². The first-order valence-electron chi connectivity index (χ1n) is 5.41. The fourth-order valence-electron chi connectivity index (χ4n) is 1.52. The highest BCUT2D eigenvalue weighted by Gasteiger charge is 2.11. The van der Waals surface area contributed by atoms with E-state index in [1.54, 1.807) is 35.7 Å². The van der Waals surface area contributed by atoms with E-state index in [0.29, 0.717) is 21.2 Å². The van der Waals surface area contributed by atoms with Crippen molar-refractivity contribution in [3.05, 3.63) is 51.2 Å². The molecule has 0 atom stereocenters. The molecule has 0 fully saturated rings. The van der Waals surface area contributed by atoms with Crippen LogP contribution >= 0.6 is 22.9 Å². The van der Waals surface area contributed by atoms with Crippen molar-refractivity contribution >= 4 is 40.5 Å². The van der Waals surface area contributed by atoms with Crippen LogP contribution in [0.5, 0.6) is 0 Å². The molecule has 0 bridgehead atoms. The Hall–Kier alpha value is -1.85. The first kappa shape index (κ1) is 13.6. The van der Waals surface area contributed by atoms with E-state index in [-0.39, 0.29) is 12.3 Å². The average molecular weight is 296 g/mol. The lowest BCUT2D eigenvalue weighted by Gasteiger charge is -2.05. The van der Waals surface area contributed by atoms with Gasteiger partial charge in [-0.1, -0.05) is 23.7 Å². The van der Waals surface area contributed by atoms with Gasteiger partial charge in [-0.05, 0) is 29.1 Å². The summed E-state index contributed by atoms with van der Waals surface area (Å²) in [6.07, 6.45) is -0.0367. The molecule has 0 aliphatic rings. The zero-order valence-electron chi connectivity index (χ0n) is 9.72. The molecule has 0 aliphatic heterocycles. The molecule has 1 amide bonds. The summed E-state index contributed by atoms with van der Waals surface area (Å²) >= 11 is 7.13. The molecule has 0 unspecified atom stereocenters. The molecule has 1 aromatic heterocycles. The monoisotopic (exact) mass is 295 g/mol. The van der Waals surface area contributed by atoms with Crippen LogP contribution in [0.3, 0.4) is 0 Å². The summed E-state index contributed by atoms with van der Waals surface area (Å²) in [5, 5.41) is 13.5. The highest BCUT2D eigenvalue weighted by molar-refractivity contribution is 7.12. The van der Waals surface area contributed by atoms with Crippen molar-refractivity contribution in [1.29, 1.82) is 0 Å². The zero-order valence-corrected chi connectivity index (χ0v) is 11.3. The summed E-state index contributed by atoms with van der Waals surface area (Å²) in [5.41, 5.74) is 1.28. The molecule has 2 rings (SSSR count). The van der Waals surface area contributed by atoms with E-state index < -0.39 is 5.97 Å². The van der Waals surface area contributed by atoms with E-state index in [9.17, 15) is 9.59 Å². The van der Waals surface area contributed by atoms with E-state index in [1.807, 2.05) is 0 Å². The van der Waals surface area contributed by atoms with E-state index >= 15 is 0 Å². The van der Waals surface area contributed by atoms with Gasteiger partial charge in [0.1, 0.15) is 4.88 Å². The number of carboxylic acids is 1. The number of amides is 1. The number of benzene rings is 1. The lowest BCUT2D eigenvalue weighted by Crippen LogP contribution is -2.10. The zero-order chi connectivity index (χ0) is 13.8. The SMILES string of the molecule is O=C(O)Cc1ccc(NC(=O)c2sccc2Cl)cc1. The minimum atomic E-state index is -0.887. The molecule has 0 spiro atoms. The maximum Gasteiger partial charge on any atom is 0.307 e. The van der Waals surface area contributed by atoms with Gasteiger partial charge in [-0.2, -0.15) is 0 Å². The Morgan fingerprint density at radius 1 is 1.21 bits per heavy atom. The number of anilines is 1. The van der Waals surface area contributed by atoms with E-state index in [1.165, 1.54) is 11.3 Å². The highest BCUT2D eigenvalue weighted by Crippen LogP contribution is 2.23. The van der Waals surface area contributed by atoms with Crippen LogP contribution in [0.25, 0.3) is 0 Å². The number of carboxylic acid groups (broad SMARTS) is 1. The Morgan fingerprint density at radius 2 is 1.89 bits per heavy atom. The molecule has 0 saturated carbocycles. The lowest BCUT2D eigenvalue weighted by molar-refractivity contribution is -0.136. The maximum absolute atomic E-state index is 11.9. The summed E-state index contributed by atoms with van der Waals surface area (Å²) in [6.45, 7) is 0. The molecule has 19 heavy (non-hydrogen) atoms. The van der Waals surface area contributed by atoms with Gasteiger partial charge >= 0.3 is 5.97 Å². The number of aliphatic carboxylic acids is 1. The fraction of sp³-hybridized carbons (Fsp3) is 0.0769. The molecule has 0 radical (unpaired) electrons. The summed E-state index contributed by atoms with van der Waals surface area (Å²) in [6, 6.07) is 8.33. The van der Waals surface area contributed by atoms with Crippen LogP contribution in [0.4, 0.5) is 5.69 Å². The average Bonchev–Trinajstić information content (AvgIpc) is 2.77. The molecule has 4 nitrogen and oxygen atoms in total. The third-order valence-electron chi connectivity index (χ3n) is 2.39. The van der Waals surface area contributed by atoms with Crippen LogP contribution in [-0.2, 0) is 11.2 Å². The Balaban J connectivity index is 2.06. The van der Waals surface area contributed by atoms with Crippen LogP contribution in [0.1, 0.15) is 15.2 Å². The van der Waals surface area contributed by atoms with Crippen molar-refractivity contribution in [1.82, 2.24) is 0 Å². The number of carbonyl (C=O) groups excluding carboxylic acids is 1. The standard InChI is InChI=1S/C13H10ClNO3S/c14-10-5-6-19-12(10)13(18)15-9-3-1-8(2-4-9)7-11(16)17/h1-6H,7H2,(H,15,18)(H,16,17). The van der Waals surface area contributed by atoms with Gasteiger partial charge in [0.2, 0.25) is 0 Å². The molecule has 2 N–H and O–H groups in total. The number of carbonyl (C=O) groups is 2. The van der Waals surface area contributed by atoms with Crippen LogP contribution < -0.4 is 5.32 Å². The molecular weight excluding hydrogens is 286 g/mol. The second-order valence-electron chi connectivity index (χ2n) is 3.82. The third kappa shape index (κ3) is 3.56. The number of hydrogen-bond donors (Lipinski definition) is 2. The van der Waals surface area contributed by atoms with Gasteiger partial charge in [0.15, 0.2) is 0 Å². The molecule has 0 aliphatic carbocycles. The maximum atomic E-state index is 11.9. The number of thiophene rings is 1. The number of nitrogens with one attached hydrogen (secondary N) is 1. The van der Waals surface area contributed by atoms with Gasteiger partial charge in [-0.25, -0.2) is 0 Å². The number of halogens is 1. The quantitative estimate of drug-likeness (QED) is 0.909. The topological polar surface area (TPSA) is 66.4 Å². The Labute approximate surface area is 118 Å². The van der Waals surface area contributed by atoms with Gasteiger partial charge < -0.3 is 10.4 Å². The lowest BCUT2D eigenvalue weighted by atomic mass is 10.1. The molecule has 6 heteroatoms. The van der Waals surface area contributed by atoms with E-state index in [0.717, 1.165) is 0 Å². The Morgan fingerprint density at radius 3 is 2.42 bits per heavy atom. The van der Waals surface area contributed by atoms with Crippen molar-refractivity contribution in [2.24, 2.45) is 0 Å². The van der Waals surface area contributed by atoms with Gasteiger partial charge in [-0.15, -0.1) is 11.3 Å². The second-order valence-corrected chi connectivity index (χ2v) is 5.14. The highest BCUT2D eigenvalue weighted by atomic mass is 35.5. The van der Waals surface area contributed by atoms with Crippen molar-refractivity contribution in [2.75, 3.05) is 5.32 Å². The van der Waals surface area contributed by atoms with Crippen molar-refractivity contribution in [3.63, 3.8) is 0 Å². The van der Waals surface area contributed by atoms with Crippen molar-refractivity contribution in [3.8, 4) is 0 Å². The minimum absolute atomic E-state index is 0.0367. The van der Waals surface area contributed by atoms with E-state index in [2.05, 4.69) is 5.32 Å². The van der Waals surface area contributed by atoms with Crippen molar-refractivity contribution in [2.45, 2.75) is 6.42 Å². The molecule has 2 aromatic rings. The predicted molar refractivity (Wildman–Crippen MR) is 75.1 cm³/mol. The van der Waals surface area contributed by atoms with Gasteiger partial charge in [0.05, 0.1) is 11.4 Å². The first-order valence-corrected chi connectivity index (χ1v) is 6.67. The van der Waals surface area contributed by atoms with Crippen LogP contribution in [0.15, 0.2) is 35.7 Å². The Kier molecular flexibility index (Phi) is 4.19. The van der Waals surface area contributed by atoms with Gasteiger partial charge in [0, 0.05) is 5.69 Å². The third-order valence-corrected chi connectivity index (χ3v) is 3.73. The summed E-state index contributed by atoms with van der Waals surface area (Å²) in [4.78, 5) is 22.9. The summed E-state index contributed by atoms with van der Waals surface area (Å²) in [7, 11) is 0. The minimum Gasteiger partial charge on any atom is -0.481 e. The summed E-state index contributed by atoms with van der Waals surface area (Å²) in [5.74, 6) is -1.16. The fourth-order valence-corrected chi connectivity index (χ4v) is 2.56.